The SMILES string of the molecule is CC(=O)c1cccc(NC(=O)C(C)N2CCN(c3ccnc(N(C)C)n3)CC2)c1. The van der Waals surface area contributed by atoms with Gasteiger partial charge in [-0.15, -0.1) is 0 Å². The summed E-state index contributed by atoms with van der Waals surface area (Å²) in [7, 11) is 3.84. The molecule has 1 atom stereocenters. The van der Waals surface area contributed by atoms with Gasteiger partial charge in [0.2, 0.25) is 11.9 Å². The Morgan fingerprint density at radius 3 is 2.52 bits per heavy atom. The highest BCUT2D eigenvalue weighted by Crippen LogP contribution is 2.18. The second kappa shape index (κ2) is 9.00. The largest absolute Gasteiger partial charge is 0.354 e. The highest BCUT2D eigenvalue weighted by molar-refractivity contribution is 5.98. The third kappa shape index (κ3) is 5.08. The Morgan fingerprint density at radius 1 is 1.14 bits per heavy atom. The lowest BCUT2D eigenvalue weighted by molar-refractivity contribution is -0.120. The van der Waals surface area contributed by atoms with Crippen LogP contribution in [0.15, 0.2) is 36.5 Å². The number of ketones is 1. The van der Waals surface area contributed by atoms with Crippen LogP contribution in [0.2, 0.25) is 0 Å². The Labute approximate surface area is 171 Å². The predicted octanol–water partition coefficient (Wildman–Crippen LogP) is 1.89. The fourth-order valence-corrected chi connectivity index (χ4v) is 3.30. The van der Waals surface area contributed by atoms with Crippen LogP contribution in [0.3, 0.4) is 0 Å². The predicted molar refractivity (Wildman–Crippen MR) is 115 cm³/mol. The Morgan fingerprint density at radius 2 is 1.86 bits per heavy atom. The van der Waals surface area contributed by atoms with Gasteiger partial charge in [0.25, 0.3) is 0 Å². The number of piperazine rings is 1. The van der Waals surface area contributed by atoms with Crippen molar-refractivity contribution in [3.8, 4) is 0 Å². The van der Waals surface area contributed by atoms with Crippen LogP contribution in [0.4, 0.5) is 17.5 Å². The van der Waals surface area contributed by atoms with Gasteiger partial charge in [0.05, 0.1) is 6.04 Å². The minimum absolute atomic E-state index is 0.0209. The third-order valence-corrected chi connectivity index (χ3v) is 5.13. The molecule has 1 unspecified atom stereocenters. The Hall–Kier alpha value is -3.00. The van der Waals surface area contributed by atoms with Crippen molar-refractivity contribution in [3.05, 3.63) is 42.1 Å². The van der Waals surface area contributed by atoms with Gasteiger partial charge >= 0.3 is 0 Å². The van der Waals surface area contributed by atoms with Crippen LogP contribution in [0.5, 0.6) is 0 Å². The van der Waals surface area contributed by atoms with Crippen LogP contribution in [-0.2, 0) is 4.79 Å². The summed E-state index contributed by atoms with van der Waals surface area (Å²) in [5.41, 5.74) is 1.23. The molecule has 1 fully saturated rings. The summed E-state index contributed by atoms with van der Waals surface area (Å²) in [6.45, 7) is 6.55. The van der Waals surface area contributed by atoms with E-state index in [4.69, 9.17) is 0 Å². The highest BCUT2D eigenvalue weighted by Gasteiger charge is 2.26. The number of rotatable bonds is 6. The van der Waals surface area contributed by atoms with E-state index in [0.717, 1.165) is 32.0 Å². The molecular formula is C21H28N6O2. The summed E-state index contributed by atoms with van der Waals surface area (Å²) < 4.78 is 0. The first-order valence-corrected chi connectivity index (χ1v) is 9.76. The zero-order valence-corrected chi connectivity index (χ0v) is 17.4. The normalized spacial score (nSPS) is 15.7. The van der Waals surface area contributed by atoms with Gasteiger partial charge in [-0.2, -0.15) is 4.98 Å². The molecule has 1 aromatic carbocycles. The van der Waals surface area contributed by atoms with Gasteiger partial charge in [-0.05, 0) is 32.0 Å². The summed E-state index contributed by atoms with van der Waals surface area (Å²) in [5, 5.41) is 2.92. The maximum Gasteiger partial charge on any atom is 0.241 e. The molecular weight excluding hydrogens is 368 g/mol. The average Bonchev–Trinajstić information content (AvgIpc) is 2.73. The summed E-state index contributed by atoms with van der Waals surface area (Å²) in [6, 6.07) is 8.69. The summed E-state index contributed by atoms with van der Waals surface area (Å²) in [5.74, 6) is 1.50. The van der Waals surface area contributed by atoms with E-state index in [0.29, 0.717) is 17.2 Å². The molecule has 0 radical (unpaired) electrons. The average molecular weight is 396 g/mol. The molecule has 1 aromatic heterocycles. The number of hydrogen-bond acceptors (Lipinski definition) is 7. The number of aromatic nitrogens is 2. The van der Waals surface area contributed by atoms with E-state index in [1.54, 1.807) is 30.5 Å². The van der Waals surface area contributed by atoms with Crippen molar-refractivity contribution in [2.75, 3.05) is 55.4 Å². The van der Waals surface area contributed by atoms with Crippen LogP contribution in [0.1, 0.15) is 24.2 Å². The van der Waals surface area contributed by atoms with E-state index >= 15 is 0 Å². The van der Waals surface area contributed by atoms with E-state index in [-0.39, 0.29) is 17.7 Å². The highest BCUT2D eigenvalue weighted by atomic mass is 16.2. The molecule has 1 amide bonds. The lowest BCUT2D eigenvalue weighted by atomic mass is 10.1. The molecule has 1 aliphatic rings. The molecule has 154 valence electrons. The Bertz CT molecular complexity index is 877. The first kappa shape index (κ1) is 20.7. The van der Waals surface area contributed by atoms with E-state index in [2.05, 4.69) is 25.1 Å². The lowest BCUT2D eigenvalue weighted by Gasteiger charge is -2.38. The lowest BCUT2D eigenvalue weighted by Crippen LogP contribution is -2.53. The van der Waals surface area contributed by atoms with Crippen molar-refractivity contribution in [2.45, 2.75) is 19.9 Å². The smallest absolute Gasteiger partial charge is 0.241 e. The van der Waals surface area contributed by atoms with Crippen LogP contribution < -0.4 is 15.1 Å². The van der Waals surface area contributed by atoms with E-state index in [9.17, 15) is 9.59 Å². The second-order valence-corrected chi connectivity index (χ2v) is 7.43. The maximum absolute atomic E-state index is 12.7. The molecule has 2 heterocycles. The molecule has 0 spiro atoms. The molecule has 1 N–H and O–H groups in total. The summed E-state index contributed by atoms with van der Waals surface area (Å²) in [6.07, 6.45) is 1.77. The first-order valence-electron chi connectivity index (χ1n) is 9.76. The van der Waals surface area contributed by atoms with Crippen molar-refractivity contribution in [1.29, 1.82) is 0 Å². The minimum atomic E-state index is -0.263. The summed E-state index contributed by atoms with van der Waals surface area (Å²) in [4.78, 5) is 39.3. The number of nitrogens with one attached hydrogen (secondary N) is 1. The van der Waals surface area contributed by atoms with Gasteiger partial charge in [-0.3, -0.25) is 14.5 Å². The standard InChI is InChI=1S/C21H28N6O2/c1-15(20(29)23-18-7-5-6-17(14-18)16(2)28)26-10-12-27(13-11-26)19-8-9-22-21(24-19)25(3)4/h5-9,14-15H,10-13H2,1-4H3,(H,23,29). The number of anilines is 3. The molecule has 1 aliphatic heterocycles. The fourth-order valence-electron chi connectivity index (χ4n) is 3.30. The van der Waals surface area contributed by atoms with Crippen LogP contribution in [0.25, 0.3) is 0 Å². The molecule has 8 heteroatoms. The zero-order chi connectivity index (χ0) is 21.0. The maximum atomic E-state index is 12.7. The van der Waals surface area contributed by atoms with Gasteiger partial charge in [0, 0.05) is 57.7 Å². The number of Topliss-reactive ketones (excluding diaryl/α,β-unsaturated/α-hetero) is 1. The van der Waals surface area contributed by atoms with Gasteiger partial charge in [-0.25, -0.2) is 4.98 Å². The number of nitrogens with zero attached hydrogens (tertiary/aromatic N) is 5. The number of amides is 1. The van der Waals surface area contributed by atoms with Crippen LogP contribution in [0, 0.1) is 0 Å². The molecule has 0 aliphatic carbocycles. The van der Waals surface area contributed by atoms with Crippen molar-refractivity contribution in [1.82, 2.24) is 14.9 Å². The first-order chi connectivity index (χ1) is 13.8. The van der Waals surface area contributed by atoms with E-state index < -0.39 is 0 Å². The topological polar surface area (TPSA) is 81.7 Å². The molecule has 0 saturated carbocycles. The Balaban J connectivity index is 1.57. The van der Waals surface area contributed by atoms with Gasteiger partial charge in [0.1, 0.15) is 5.82 Å². The monoisotopic (exact) mass is 396 g/mol. The van der Waals surface area contributed by atoms with Crippen LogP contribution >= 0.6 is 0 Å². The van der Waals surface area contributed by atoms with Gasteiger partial charge in [-0.1, -0.05) is 12.1 Å². The fraction of sp³-hybridized carbons (Fsp3) is 0.429. The Kier molecular flexibility index (Phi) is 6.43. The molecule has 29 heavy (non-hydrogen) atoms. The molecule has 2 aromatic rings. The molecule has 0 bridgehead atoms. The molecule has 1 saturated heterocycles. The minimum Gasteiger partial charge on any atom is -0.354 e. The zero-order valence-electron chi connectivity index (χ0n) is 17.4. The van der Waals surface area contributed by atoms with Crippen molar-refractivity contribution in [2.24, 2.45) is 0 Å². The van der Waals surface area contributed by atoms with Crippen molar-refractivity contribution in [3.63, 3.8) is 0 Å². The van der Waals surface area contributed by atoms with Crippen molar-refractivity contribution >= 4 is 29.1 Å². The van der Waals surface area contributed by atoms with Crippen molar-refractivity contribution < 1.29 is 9.59 Å². The third-order valence-electron chi connectivity index (χ3n) is 5.13. The number of benzene rings is 1. The van der Waals surface area contributed by atoms with Gasteiger partial charge in [0.15, 0.2) is 5.78 Å². The van der Waals surface area contributed by atoms with E-state index in [1.807, 2.05) is 32.0 Å². The number of carbonyl (C=O) groups excluding carboxylic acids is 2. The second-order valence-electron chi connectivity index (χ2n) is 7.43. The van der Waals surface area contributed by atoms with E-state index in [1.165, 1.54) is 6.92 Å². The number of hydrogen-bond donors (Lipinski definition) is 1. The number of carbonyl (C=O) groups is 2. The molecule has 3 rings (SSSR count). The summed E-state index contributed by atoms with van der Waals surface area (Å²) >= 11 is 0. The van der Waals surface area contributed by atoms with Crippen LogP contribution in [-0.4, -0.2) is 72.9 Å². The van der Waals surface area contributed by atoms with Gasteiger partial charge < -0.3 is 15.1 Å². The molecule has 8 nitrogen and oxygen atoms in total. The quantitative estimate of drug-likeness (QED) is 0.747.